The summed E-state index contributed by atoms with van der Waals surface area (Å²) in [5.41, 5.74) is 0.977. The number of rotatable bonds is 6. The van der Waals surface area contributed by atoms with E-state index in [1.807, 2.05) is 4.90 Å². The first kappa shape index (κ1) is 18.8. The maximum Gasteiger partial charge on any atom is 0.237 e. The van der Waals surface area contributed by atoms with Gasteiger partial charge in [0.05, 0.1) is 6.04 Å². The number of halogens is 1. The fraction of sp³-hybridized carbons (Fsp3) is 0.600. The number of nitrogens with zero attached hydrogens (tertiary/aromatic N) is 1. The predicted octanol–water partition coefficient (Wildman–Crippen LogP) is 1.87. The molecule has 5 nitrogen and oxygen atoms in total. The Labute approximate surface area is 154 Å². The van der Waals surface area contributed by atoms with Gasteiger partial charge < -0.3 is 15.5 Å². The molecule has 2 N–H and O–H groups in total. The molecule has 0 spiro atoms. The molecule has 2 heterocycles. The van der Waals surface area contributed by atoms with Crippen LogP contribution in [0.15, 0.2) is 24.3 Å². The predicted molar refractivity (Wildman–Crippen MR) is 98.1 cm³/mol. The number of amides is 2. The zero-order chi connectivity index (χ0) is 18.4. The topological polar surface area (TPSA) is 61.4 Å². The van der Waals surface area contributed by atoms with Crippen LogP contribution in [0.25, 0.3) is 0 Å². The first-order valence-electron chi connectivity index (χ1n) is 9.65. The molecule has 0 saturated carbocycles. The first-order chi connectivity index (χ1) is 12.6. The van der Waals surface area contributed by atoms with Crippen molar-refractivity contribution in [1.82, 2.24) is 15.5 Å². The lowest BCUT2D eigenvalue weighted by Crippen LogP contribution is -2.46. The van der Waals surface area contributed by atoms with E-state index in [9.17, 15) is 14.0 Å². The highest BCUT2D eigenvalue weighted by Crippen LogP contribution is 2.18. The van der Waals surface area contributed by atoms with E-state index < -0.39 is 0 Å². The summed E-state index contributed by atoms with van der Waals surface area (Å²) in [6.07, 6.45) is 5.05. The van der Waals surface area contributed by atoms with Gasteiger partial charge >= 0.3 is 0 Å². The summed E-state index contributed by atoms with van der Waals surface area (Å²) in [6, 6.07) is 6.27. The van der Waals surface area contributed by atoms with Crippen LogP contribution in [0.3, 0.4) is 0 Å². The zero-order valence-electron chi connectivity index (χ0n) is 15.2. The van der Waals surface area contributed by atoms with Crippen LogP contribution in [-0.2, 0) is 16.0 Å². The first-order valence-corrected chi connectivity index (χ1v) is 9.65. The number of piperidine rings is 1. The van der Waals surface area contributed by atoms with Crippen LogP contribution in [0.5, 0.6) is 0 Å². The Bertz CT molecular complexity index is 614. The molecule has 2 saturated heterocycles. The van der Waals surface area contributed by atoms with E-state index >= 15 is 0 Å². The Morgan fingerprint density at radius 3 is 2.73 bits per heavy atom. The van der Waals surface area contributed by atoms with Crippen molar-refractivity contribution in [3.8, 4) is 0 Å². The maximum atomic E-state index is 12.9. The van der Waals surface area contributed by atoms with Crippen molar-refractivity contribution in [2.75, 3.05) is 26.2 Å². The lowest BCUT2D eigenvalue weighted by atomic mass is 9.97. The van der Waals surface area contributed by atoms with E-state index in [2.05, 4.69) is 10.6 Å². The average molecular weight is 361 g/mol. The third-order valence-electron chi connectivity index (χ3n) is 5.35. The van der Waals surface area contributed by atoms with Gasteiger partial charge in [-0.3, -0.25) is 9.59 Å². The van der Waals surface area contributed by atoms with E-state index in [1.54, 1.807) is 12.1 Å². The van der Waals surface area contributed by atoms with E-state index in [-0.39, 0.29) is 23.7 Å². The molecule has 0 bridgehead atoms. The molecular weight excluding hydrogens is 333 g/mol. The normalized spacial score (nSPS) is 23.0. The van der Waals surface area contributed by atoms with Crippen molar-refractivity contribution in [3.05, 3.63) is 35.6 Å². The number of likely N-dealkylation sites (tertiary alicyclic amines) is 1. The van der Waals surface area contributed by atoms with Gasteiger partial charge in [-0.25, -0.2) is 4.39 Å². The molecule has 6 heteroatoms. The SMILES string of the molecule is O=C(NCC1CCCN(C(=O)CCc2ccc(F)cc2)C1)C1CCCN1. The van der Waals surface area contributed by atoms with E-state index in [0.29, 0.717) is 31.8 Å². The maximum absolute atomic E-state index is 12.9. The second-order valence-corrected chi connectivity index (χ2v) is 7.37. The second kappa shape index (κ2) is 9.12. The van der Waals surface area contributed by atoms with Crippen LogP contribution < -0.4 is 10.6 Å². The molecule has 2 unspecified atom stereocenters. The molecule has 2 aliphatic rings. The minimum atomic E-state index is -0.256. The highest BCUT2D eigenvalue weighted by Gasteiger charge is 2.26. The van der Waals surface area contributed by atoms with Gasteiger partial charge in [-0.15, -0.1) is 0 Å². The van der Waals surface area contributed by atoms with Crippen LogP contribution in [0, 0.1) is 11.7 Å². The number of benzene rings is 1. The lowest BCUT2D eigenvalue weighted by Gasteiger charge is -2.33. The van der Waals surface area contributed by atoms with Gasteiger partial charge in [-0.1, -0.05) is 12.1 Å². The van der Waals surface area contributed by atoms with Gasteiger partial charge in [0.2, 0.25) is 11.8 Å². The van der Waals surface area contributed by atoms with Crippen molar-refractivity contribution < 1.29 is 14.0 Å². The number of aryl methyl sites for hydroxylation is 1. The molecule has 0 aliphatic carbocycles. The van der Waals surface area contributed by atoms with Crippen LogP contribution in [-0.4, -0.2) is 48.9 Å². The molecule has 1 aromatic rings. The minimum Gasteiger partial charge on any atom is -0.354 e. The molecule has 2 fully saturated rings. The number of carbonyl (C=O) groups is 2. The van der Waals surface area contributed by atoms with Crippen LogP contribution >= 0.6 is 0 Å². The summed E-state index contributed by atoms with van der Waals surface area (Å²) in [6.45, 7) is 3.05. The number of carbonyl (C=O) groups excluding carboxylic acids is 2. The molecule has 26 heavy (non-hydrogen) atoms. The smallest absolute Gasteiger partial charge is 0.237 e. The number of nitrogens with one attached hydrogen (secondary N) is 2. The molecule has 2 atom stereocenters. The van der Waals surface area contributed by atoms with E-state index in [4.69, 9.17) is 0 Å². The molecule has 0 radical (unpaired) electrons. The highest BCUT2D eigenvalue weighted by molar-refractivity contribution is 5.82. The zero-order valence-corrected chi connectivity index (χ0v) is 15.2. The number of hydrogen-bond acceptors (Lipinski definition) is 3. The van der Waals surface area contributed by atoms with Crippen molar-refractivity contribution in [3.63, 3.8) is 0 Å². The molecule has 142 valence electrons. The van der Waals surface area contributed by atoms with Crippen LogP contribution in [0.4, 0.5) is 4.39 Å². The van der Waals surface area contributed by atoms with Crippen molar-refractivity contribution in [2.24, 2.45) is 5.92 Å². The summed E-state index contributed by atoms with van der Waals surface area (Å²) in [4.78, 5) is 26.5. The Morgan fingerprint density at radius 1 is 1.19 bits per heavy atom. The summed E-state index contributed by atoms with van der Waals surface area (Å²) < 4.78 is 12.9. The third kappa shape index (κ3) is 5.27. The quantitative estimate of drug-likeness (QED) is 0.813. The lowest BCUT2D eigenvalue weighted by molar-refractivity contribution is -0.132. The van der Waals surface area contributed by atoms with E-state index in [1.165, 1.54) is 12.1 Å². The molecule has 3 rings (SSSR count). The average Bonchev–Trinajstić information content (AvgIpc) is 3.20. The largest absolute Gasteiger partial charge is 0.354 e. The molecule has 0 aromatic heterocycles. The standard InChI is InChI=1S/C20H28FN3O2/c21-17-8-5-15(6-9-17)7-10-19(25)24-12-2-3-16(14-24)13-23-20(26)18-4-1-11-22-18/h5-6,8-9,16,18,22H,1-4,7,10-14H2,(H,23,26). The Hall–Kier alpha value is -1.95. The summed E-state index contributed by atoms with van der Waals surface area (Å²) in [5.74, 6) is 0.294. The van der Waals surface area contributed by atoms with Crippen LogP contribution in [0.1, 0.15) is 37.7 Å². The molecule has 2 aliphatic heterocycles. The Kier molecular flexibility index (Phi) is 6.61. The van der Waals surface area contributed by atoms with Crippen molar-refractivity contribution >= 4 is 11.8 Å². The highest BCUT2D eigenvalue weighted by atomic mass is 19.1. The molecular formula is C20H28FN3O2. The van der Waals surface area contributed by atoms with Gasteiger partial charge in [-0.05, 0) is 62.3 Å². The fourth-order valence-electron chi connectivity index (χ4n) is 3.80. The summed E-state index contributed by atoms with van der Waals surface area (Å²) in [7, 11) is 0. The van der Waals surface area contributed by atoms with Gasteiger partial charge in [0.1, 0.15) is 5.82 Å². The minimum absolute atomic E-state index is 0.0490. The van der Waals surface area contributed by atoms with Crippen LogP contribution in [0.2, 0.25) is 0 Å². The fourth-order valence-corrected chi connectivity index (χ4v) is 3.80. The van der Waals surface area contributed by atoms with Crippen molar-refractivity contribution in [1.29, 1.82) is 0 Å². The molecule has 1 aromatic carbocycles. The number of hydrogen-bond donors (Lipinski definition) is 2. The van der Waals surface area contributed by atoms with E-state index in [0.717, 1.165) is 44.3 Å². The Balaban J connectivity index is 1.41. The van der Waals surface area contributed by atoms with Gasteiger partial charge in [0.25, 0.3) is 0 Å². The van der Waals surface area contributed by atoms with Gasteiger partial charge in [-0.2, -0.15) is 0 Å². The Morgan fingerprint density at radius 2 is 2.00 bits per heavy atom. The summed E-state index contributed by atoms with van der Waals surface area (Å²) in [5, 5.41) is 6.25. The second-order valence-electron chi connectivity index (χ2n) is 7.37. The third-order valence-corrected chi connectivity index (χ3v) is 5.35. The van der Waals surface area contributed by atoms with Crippen molar-refractivity contribution in [2.45, 2.75) is 44.6 Å². The van der Waals surface area contributed by atoms with Gasteiger partial charge in [0, 0.05) is 26.1 Å². The summed E-state index contributed by atoms with van der Waals surface area (Å²) >= 11 is 0. The van der Waals surface area contributed by atoms with Gasteiger partial charge in [0.15, 0.2) is 0 Å². The molecule has 2 amide bonds. The monoisotopic (exact) mass is 361 g/mol.